The number of urea groups is 1. The zero-order chi connectivity index (χ0) is 15.5. The van der Waals surface area contributed by atoms with E-state index in [4.69, 9.17) is 0 Å². The van der Waals surface area contributed by atoms with Crippen molar-refractivity contribution < 1.29 is 4.79 Å². The molecule has 1 aromatic rings. The molecule has 0 aromatic heterocycles. The Morgan fingerprint density at radius 1 is 1.32 bits per heavy atom. The number of fused-ring (bicyclic) bond motifs is 2. The SMILES string of the molecule is C/C=C/c1ccc(C2[C@H]3CNC[C@@H]2N3C(=O)NCCC)cc1. The standard InChI is InChI=1S/C18H25N3O/c1-3-5-13-6-8-14(9-7-13)17-15-11-19-12-16(17)21(15)18(22)20-10-4-2/h3,5-9,15-17,19H,4,10-12H2,1-2H3,(H,20,22)/b5-3+/t15-,16+,17?. The molecule has 3 rings (SSSR count). The van der Waals surface area contributed by atoms with Gasteiger partial charge in [0, 0.05) is 25.6 Å². The van der Waals surface area contributed by atoms with Gasteiger partial charge < -0.3 is 15.5 Å². The Kier molecular flexibility index (Phi) is 4.48. The van der Waals surface area contributed by atoms with Gasteiger partial charge in [0.15, 0.2) is 0 Å². The lowest BCUT2D eigenvalue weighted by atomic mass is 9.72. The lowest BCUT2D eigenvalue weighted by Crippen LogP contribution is -2.75. The van der Waals surface area contributed by atoms with E-state index >= 15 is 0 Å². The van der Waals surface area contributed by atoms with E-state index in [0.29, 0.717) is 5.92 Å². The number of carbonyl (C=O) groups excluding carboxylic acids is 1. The largest absolute Gasteiger partial charge is 0.338 e. The minimum absolute atomic E-state index is 0.0973. The Balaban J connectivity index is 1.72. The zero-order valence-corrected chi connectivity index (χ0v) is 13.4. The maximum absolute atomic E-state index is 12.3. The van der Waals surface area contributed by atoms with Crippen LogP contribution in [0.5, 0.6) is 0 Å². The van der Waals surface area contributed by atoms with Crippen LogP contribution in [-0.4, -0.2) is 42.6 Å². The lowest BCUT2D eigenvalue weighted by Gasteiger charge is -2.59. The molecule has 1 unspecified atom stereocenters. The van der Waals surface area contributed by atoms with Crippen molar-refractivity contribution in [2.75, 3.05) is 19.6 Å². The molecule has 2 aliphatic heterocycles. The van der Waals surface area contributed by atoms with E-state index in [1.165, 1.54) is 11.1 Å². The minimum Gasteiger partial charge on any atom is -0.338 e. The van der Waals surface area contributed by atoms with Gasteiger partial charge in [-0.05, 0) is 24.5 Å². The number of hydrogen-bond acceptors (Lipinski definition) is 2. The van der Waals surface area contributed by atoms with Crippen molar-refractivity contribution in [1.82, 2.24) is 15.5 Å². The lowest BCUT2D eigenvalue weighted by molar-refractivity contribution is -0.00342. The first-order chi connectivity index (χ1) is 10.8. The monoisotopic (exact) mass is 299 g/mol. The van der Waals surface area contributed by atoms with Gasteiger partial charge in [0.25, 0.3) is 0 Å². The molecule has 22 heavy (non-hydrogen) atoms. The second kappa shape index (κ2) is 6.53. The molecular weight excluding hydrogens is 274 g/mol. The van der Waals surface area contributed by atoms with Crippen molar-refractivity contribution in [1.29, 1.82) is 0 Å². The third kappa shape index (κ3) is 2.63. The summed E-state index contributed by atoms with van der Waals surface area (Å²) in [4.78, 5) is 14.3. The smallest absolute Gasteiger partial charge is 0.318 e. The zero-order valence-electron chi connectivity index (χ0n) is 13.4. The van der Waals surface area contributed by atoms with E-state index in [1.807, 2.05) is 11.8 Å². The molecule has 118 valence electrons. The van der Waals surface area contributed by atoms with E-state index in [9.17, 15) is 4.79 Å². The van der Waals surface area contributed by atoms with Gasteiger partial charge in [-0.15, -0.1) is 0 Å². The summed E-state index contributed by atoms with van der Waals surface area (Å²) >= 11 is 0. The number of rotatable bonds is 4. The molecule has 4 heteroatoms. The van der Waals surface area contributed by atoms with E-state index in [2.05, 4.69) is 54.0 Å². The first-order valence-corrected chi connectivity index (χ1v) is 8.25. The number of amides is 2. The molecule has 2 aliphatic rings. The Hall–Kier alpha value is -1.81. The van der Waals surface area contributed by atoms with Gasteiger partial charge in [-0.25, -0.2) is 4.79 Å². The normalized spacial score (nSPS) is 26.8. The van der Waals surface area contributed by atoms with E-state index in [0.717, 1.165) is 26.1 Å². The van der Waals surface area contributed by atoms with Crippen molar-refractivity contribution in [3.8, 4) is 0 Å². The van der Waals surface area contributed by atoms with Crippen LogP contribution in [0.4, 0.5) is 4.79 Å². The van der Waals surface area contributed by atoms with Gasteiger partial charge in [0.2, 0.25) is 0 Å². The van der Waals surface area contributed by atoms with Crippen LogP contribution >= 0.6 is 0 Å². The Morgan fingerprint density at radius 2 is 2.00 bits per heavy atom. The summed E-state index contributed by atoms with van der Waals surface area (Å²) < 4.78 is 0. The molecular formula is C18H25N3O. The first kappa shape index (κ1) is 15.1. The molecule has 3 atom stereocenters. The molecule has 0 spiro atoms. The second-order valence-electron chi connectivity index (χ2n) is 6.12. The summed E-state index contributed by atoms with van der Waals surface area (Å²) in [5.41, 5.74) is 2.58. The van der Waals surface area contributed by atoms with Crippen molar-refractivity contribution >= 4 is 12.1 Å². The van der Waals surface area contributed by atoms with Crippen LogP contribution in [0.15, 0.2) is 30.3 Å². The molecule has 2 bridgehead atoms. The van der Waals surface area contributed by atoms with Gasteiger partial charge in [0.1, 0.15) is 0 Å². The molecule has 0 aliphatic carbocycles. The van der Waals surface area contributed by atoms with Crippen LogP contribution in [0.1, 0.15) is 37.3 Å². The van der Waals surface area contributed by atoms with Gasteiger partial charge in [-0.2, -0.15) is 0 Å². The van der Waals surface area contributed by atoms with E-state index < -0.39 is 0 Å². The number of likely N-dealkylation sites (tertiary alicyclic amines) is 1. The summed E-state index contributed by atoms with van der Waals surface area (Å²) in [5.74, 6) is 0.466. The predicted molar refractivity (Wildman–Crippen MR) is 89.9 cm³/mol. The number of benzene rings is 1. The van der Waals surface area contributed by atoms with Gasteiger partial charge >= 0.3 is 6.03 Å². The van der Waals surface area contributed by atoms with Crippen LogP contribution in [0.3, 0.4) is 0 Å². The fourth-order valence-corrected chi connectivity index (χ4v) is 3.67. The van der Waals surface area contributed by atoms with Crippen LogP contribution in [-0.2, 0) is 0 Å². The quantitative estimate of drug-likeness (QED) is 0.897. The van der Waals surface area contributed by atoms with Gasteiger partial charge in [-0.1, -0.05) is 43.3 Å². The average Bonchev–Trinajstić information content (AvgIpc) is 2.55. The molecule has 1 aromatic carbocycles. The topological polar surface area (TPSA) is 44.4 Å². The first-order valence-electron chi connectivity index (χ1n) is 8.25. The van der Waals surface area contributed by atoms with Crippen LogP contribution in [0, 0.1) is 0 Å². The number of nitrogens with one attached hydrogen (secondary N) is 2. The van der Waals surface area contributed by atoms with Crippen LogP contribution < -0.4 is 10.6 Å². The fourth-order valence-electron chi connectivity index (χ4n) is 3.67. The molecule has 4 nitrogen and oxygen atoms in total. The number of allylic oxidation sites excluding steroid dienone is 1. The number of carbonyl (C=O) groups is 1. The van der Waals surface area contributed by atoms with Crippen molar-refractivity contribution in [2.45, 2.75) is 38.3 Å². The minimum atomic E-state index is 0.0973. The number of hydrogen-bond donors (Lipinski definition) is 2. The maximum Gasteiger partial charge on any atom is 0.318 e. The molecule has 2 fully saturated rings. The van der Waals surface area contributed by atoms with Crippen LogP contribution in [0.25, 0.3) is 6.08 Å². The van der Waals surface area contributed by atoms with Crippen molar-refractivity contribution in [3.05, 3.63) is 41.5 Å². The summed E-state index contributed by atoms with van der Waals surface area (Å²) in [6, 6.07) is 9.42. The van der Waals surface area contributed by atoms with Gasteiger partial charge in [-0.3, -0.25) is 0 Å². The fraction of sp³-hybridized carbons (Fsp3) is 0.500. The van der Waals surface area contributed by atoms with Crippen molar-refractivity contribution in [2.24, 2.45) is 0 Å². The number of nitrogens with zero attached hydrogens (tertiary/aromatic N) is 1. The van der Waals surface area contributed by atoms with E-state index in [-0.39, 0.29) is 18.1 Å². The number of piperazine rings is 1. The molecule has 2 heterocycles. The van der Waals surface area contributed by atoms with Crippen LogP contribution in [0.2, 0.25) is 0 Å². The highest BCUT2D eigenvalue weighted by Crippen LogP contribution is 2.42. The number of piperidine rings is 1. The third-order valence-corrected chi connectivity index (χ3v) is 4.69. The van der Waals surface area contributed by atoms with E-state index in [1.54, 1.807) is 0 Å². The molecule has 2 N–H and O–H groups in total. The summed E-state index contributed by atoms with van der Waals surface area (Å²) in [6.45, 7) is 6.64. The summed E-state index contributed by atoms with van der Waals surface area (Å²) in [5, 5.41) is 6.43. The van der Waals surface area contributed by atoms with Crippen molar-refractivity contribution in [3.63, 3.8) is 0 Å². The molecule has 0 radical (unpaired) electrons. The highest BCUT2D eigenvalue weighted by molar-refractivity contribution is 5.77. The molecule has 2 saturated heterocycles. The summed E-state index contributed by atoms with van der Waals surface area (Å²) in [7, 11) is 0. The predicted octanol–water partition coefficient (Wildman–Crippen LogP) is 2.58. The Bertz CT molecular complexity index is 540. The van der Waals surface area contributed by atoms with Gasteiger partial charge in [0.05, 0.1) is 12.1 Å². The molecule has 0 saturated carbocycles. The average molecular weight is 299 g/mol. The Labute approximate surface area is 132 Å². The summed E-state index contributed by atoms with van der Waals surface area (Å²) in [6.07, 6.45) is 5.14. The third-order valence-electron chi connectivity index (χ3n) is 4.69. The highest BCUT2D eigenvalue weighted by atomic mass is 16.2. The second-order valence-corrected chi connectivity index (χ2v) is 6.12. The maximum atomic E-state index is 12.3. The Morgan fingerprint density at radius 3 is 2.59 bits per heavy atom. The highest BCUT2D eigenvalue weighted by Gasteiger charge is 2.53. The molecule has 2 amide bonds.